The van der Waals surface area contributed by atoms with Crippen LogP contribution in [-0.2, 0) is 14.8 Å². The smallest absolute Gasteiger partial charge is 0.264 e. The number of fused-ring (bicyclic) bond motifs is 1. The van der Waals surface area contributed by atoms with Crippen LogP contribution in [0.25, 0.3) is 22.2 Å². The number of amides is 1. The molecular formula is C27H21ClN6O3S2. The molecule has 0 aliphatic heterocycles. The van der Waals surface area contributed by atoms with Crippen molar-refractivity contribution >= 4 is 61.8 Å². The molecule has 5 aromatic rings. The summed E-state index contributed by atoms with van der Waals surface area (Å²) in [6.07, 6.45) is 1.47. The summed E-state index contributed by atoms with van der Waals surface area (Å²) in [5, 5.41) is 4.62. The topological polar surface area (TPSA) is 127 Å². The lowest BCUT2D eigenvalue weighted by atomic mass is 10.1. The number of hydrogen-bond donors (Lipinski definition) is 2. The highest BCUT2D eigenvalue weighted by molar-refractivity contribution is 7.99. The number of aryl methyl sites for hydroxylation is 1. The van der Waals surface area contributed by atoms with Crippen molar-refractivity contribution in [3.8, 4) is 11.3 Å². The molecule has 12 heteroatoms. The van der Waals surface area contributed by atoms with Crippen molar-refractivity contribution < 1.29 is 13.2 Å². The van der Waals surface area contributed by atoms with E-state index in [1.807, 2.05) is 42.5 Å². The highest BCUT2D eigenvalue weighted by Crippen LogP contribution is 2.30. The Morgan fingerprint density at radius 1 is 0.949 bits per heavy atom. The number of hydrogen-bond acceptors (Lipinski definition) is 8. The Bertz CT molecular complexity index is 1770. The Morgan fingerprint density at radius 2 is 1.72 bits per heavy atom. The van der Waals surface area contributed by atoms with Gasteiger partial charge in [0.15, 0.2) is 5.16 Å². The number of carbonyl (C=O) groups is 1. The van der Waals surface area contributed by atoms with E-state index in [-0.39, 0.29) is 22.5 Å². The zero-order chi connectivity index (χ0) is 27.4. The molecule has 0 aliphatic carbocycles. The highest BCUT2D eigenvalue weighted by Gasteiger charge is 2.17. The summed E-state index contributed by atoms with van der Waals surface area (Å²) in [5.74, 6) is -0.249. The van der Waals surface area contributed by atoms with Crippen LogP contribution in [-0.4, -0.2) is 40.0 Å². The normalized spacial score (nSPS) is 11.3. The molecule has 2 heterocycles. The maximum atomic E-state index is 12.7. The summed E-state index contributed by atoms with van der Waals surface area (Å²) in [6, 6.07) is 22.6. The van der Waals surface area contributed by atoms with Gasteiger partial charge in [0.25, 0.3) is 10.0 Å². The van der Waals surface area contributed by atoms with Gasteiger partial charge in [-0.3, -0.25) is 4.79 Å². The minimum Gasteiger partial charge on any atom is -0.325 e. The van der Waals surface area contributed by atoms with Crippen molar-refractivity contribution in [3.05, 3.63) is 95.8 Å². The summed E-state index contributed by atoms with van der Waals surface area (Å²) in [6.45, 7) is 1.74. The van der Waals surface area contributed by atoms with Crippen molar-refractivity contribution in [3.63, 3.8) is 0 Å². The standard InChI is InChI=1S/C27H21ClN6O3S2/c1-17-13-14-29-26(30-17)34-39(36,37)21-10-8-20(9-11-21)31-24(35)16-38-27-32-23-12-7-19(28)15-22(23)25(33-27)18-5-3-2-4-6-18/h2-15H,16H2,1H3,(H,31,35)(H,29,30,34). The second-order valence-corrected chi connectivity index (χ2v) is 11.4. The molecule has 0 unspecified atom stereocenters. The van der Waals surface area contributed by atoms with Crippen LogP contribution >= 0.6 is 23.4 Å². The number of carbonyl (C=O) groups excluding carboxylic acids is 1. The molecule has 0 saturated heterocycles. The van der Waals surface area contributed by atoms with Crippen LogP contribution in [0.2, 0.25) is 5.02 Å². The number of nitrogens with zero attached hydrogens (tertiary/aromatic N) is 4. The van der Waals surface area contributed by atoms with E-state index in [0.717, 1.165) is 22.2 Å². The fraction of sp³-hybridized carbons (Fsp3) is 0.0741. The van der Waals surface area contributed by atoms with Crippen LogP contribution in [0.1, 0.15) is 5.69 Å². The fourth-order valence-electron chi connectivity index (χ4n) is 3.68. The lowest BCUT2D eigenvalue weighted by Gasteiger charge is -2.10. The number of anilines is 2. The van der Waals surface area contributed by atoms with Crippen molar-refractivity contribution in [2.45, 2.75) is 17.0 Å². The Labute approximate surface area is 234 Å². The largest absolute Gasteiger partial charge is 0.325 e. The van der Waals surface area contributed by atoms with Crippen molar-refractivity contribution in [1.82, 2.24) is 19.9 Å². The second kappa shape index (κ2) is 11.4. The molecule has 0 bridgehead atoms. The summed E-state index contributed by atoms with van der Waals surface area (Å²) in [5.41, 5.74) is 3.45. The predicted molar refractivity (Wildman–Crippen MR) is 153 cm³/mol. The van der Waals surface area contributed by atoms with Crippen LogP contribution in [0.4, 0.5) is 11.6 Å². The Kier molecular flexibility index (Phi) is 7.73. The van der Waals surface area contributed by atoms with Gasteiger partial charge in [-0.15, -0.1) is 0 Å². The third-order valence-corrected chi connectivity index (χ3v) is 7.91. The molecule has 39 heavy (non-hydrogen) atoms. The van der Waals surface area contributed by atoms with Crippen LogP contribution in [0.3, 0.4) is 0 Å². The van der Waals surface area contributed by atoms with E-state index in [4.69, 9.17) is 16.6 Å². The van der Waals surface area contributed by atoms with Crippen molar-refractivity contribution in [1.29, 1.82) is 0 Å². The van der Waals surface area contributed by atoms with Gasteiger partial charge in [0, 0.05) is 33.6 Å². The van der Waals surface area contributed by atoms with Crippen LogP contribution in [0.5, 0.6) is 0 Å². The maximum Gasteiger partial charge on any atom is 0.264 e. The number of halogens is 1. The minimum absolute atomic E-state index is 0.0121. The molecule has 1 amide bonds. The van der Waals surface area contributed by atoms with E-state index >= 15 is 0 Å². The number of thioether (sulfide) groups is 1. The summed E-state index contributed by atoms with van der Waals surface area (Å²) < 4.78 is 27.6. The Morgan fingerprint density at radius 3 is 2.46 bits per heavy atom. The first-order valence-electron chi connectivity index (χ1n) is 11.6. The number of nitrogens with one attached hydrogen (secondary N) is 2. The average Bonchev–Trinajstić information content (AvgIpc) is 2.92. The first-order valence-corrected chi connectivity index (χ1v) is 14.5. The SMILES string of the molecule is Cc1ccnc(NS(=O)(=O)c2ccc(NC(=O)CSc3nc(-c4ccccc4)c4cc(Cl)ccc4n3)cc2)n1. The second-order valence-electron chi connectivity index (χ2n) is 8.37. The maximum absolute atomic E-state index is 12.7. The van der Waals surface area contributed by atoms with Gasteiger partial charge in [-0.1, -0.05) is 53.7 Å². The summed E-state index contributed by atoms with van der Waals surface area (Å²) in [4.78, 5) is 29.9. The van der Waals surface area contributed by atoms with Gasteiger partial charge in [-0.25, -0.2) is 33.1 Å². The van der Waals surface area contributed by atoms with Gasteiger partial charge in [0.2, 0.25) is 11.9 Å². The minimum atomic E-state index is -3.89. The summed E-state index contributed by atoms with van der Waals surface area (Å²) >= 11 is 7.42. The van der Waals surface area contributed by atoms with Gasteiger partial charge >= 0.3 is 0 Å². The molecular weight excluding hydrogens is 556 g/mol. The van der Waals surface area contributed by atoms with Crippen molar-refractivity contribution in [2.75, 3.05) is 15.8 Å². The van der Waals surface area contributed by atoms with E-state index in [1.165, 1.54) is 42.2 Å². The van der Waals surface area contributed by atoms with Crippen molar-refractivity contribution in [2.24, 2.45) is 0 Å². The molecule has 0 spiro atoms. The molecule has 0 atom stereocenters. The zero-order valence-electron chi connectivity index (χ0n) is 20.5. The molecule has 5 rings (SSSR count). The number of aromatic nitrogens is 4. The van der Waals surface area contributed by atoms with Crippen LogP contribution in [0, 0.1) is 6.92 Å². The summed E-state index contributed by atoms with van der Waals surface area (Å²) in [7, 11) is -3.89. The van der Waals surface area contributed by atoms with Crippen LogP contribution in [0.15, 0.2) is 95.1 Å². The lowest BCUT2D eigenvalue weighted by Crippen LogP contribution is -2.16. The van der Waals surface area contributed by atoms with Gasteiger partial charge in [-0.05, 0) is 55.5 Å². The number of sulfonamides is 1. The van der Waals surface area contributed by atoms with Gasteiger partial charge in [0.05, 0.1) is 21.9 Å². The molecule has 9 nitrogen and oxygen atoms in total. The Hall–Kier alpha value is -4.06. The molecule has 196 valence electrons. The molecule has 0 saturated carbocycles. The Balaban J connectivity index is 1.26. The predicted octanol–water partition coefficient (Wildman–Crippen LogP) is 5.58. The highest BCUT2D eigenvalue weighted by atomic mass is 35.5. The number of rotatable bonds is 8. The molecule has 2 aromatic heterocycles. The van der Waals surface area contributed by atoms with Gasteiger partial charge in [-0.2, -0.15) is 0 Å². The zero-order valence-corrected chi connectivity index (χ0v) is 22.9. The number of benzene rings is 3. The van der Waals surface area contributed by atoms with Gasteiger partial charge < -0.3 is 5.32 Å². The molecule has 3 aromatic carbocycles. The molecule has 0 aliphatic rings. The molecule has 2 N–H and O–H groups in total. The molecule has 0 radical (unpaired) electrons. The first kappa shape index (κ1) is 26.5. The lowest BCUT2D eigenvalue weighted by molar-refractivity contribution is -0.113. The van der Waals surface area contributed by atoms with Crippen LogP contribution < -0.4 is 10.0 Å². The first-order chi connectivity index (χ1) is 18.8. The van der Waals surface area contributed by atoms with Gasteiger partial charge in [0.1, 0.15) is 0 Å². The van der Waals surface area contributed by atoms with E-state index in [9.17, 15) is 13.2 Å². The molecule has 0 fully saturated rings. The fourth-order valence-corrected chi connectivity index (χ4v) is 5.46. The third kappa shape index (κ3) is 6.51. The average molecular weight is 577 g/mol. The van der Waals surface area contributed by atoms with E-state index in [1.54, 1.807) is 19.1 Å². The monoisotopic (exact) mass is 576 g/mol. The van der Waals surface area contributed by atoms with E-state index < -0.39 is 10.0 Å². The van der Waals surface area contributed by atoms with E-state index in [0.29, 0.717) is 21.6 Å². The van der Waals surface area contributed by atoms with E-state index in [2.05, 4.69) is 25.0 Å². The quantitative estimate of drug-likeness (QED) is 0.181. The third-order valence-electron chi connectivity index (χ3n) is 5.49.